The standard InChI is InChI=1S/C20H26O4/c1-19(2,3)23-17(21)12-10-15-8-7-9-16(14-15)11-13-18(22)24-20(4,5)6/h7-14H,1-6H3/b12-10+,13-11+. The van der Waals surface area contributed by atoms with Gasteiger partial charge in [-0.05, 0) is 70.9 Å². The highest BCUT2D eigenvalue weighted by atomic mass is 16.6. The molecule has 0 heterocycles. The van der Waals surface area contributed by atoms with Crippen LogP contribution in [-0.4, -0.2) is 23.1 Å². The van der Waals surface area contributed by atoms with Crippen LogP contribution in [0, 0.1) is 0 Å². The van der Waals surface area contributed by atoms with E-state index in [1.54, 1.807) is 12.2 Å². The van der Waals surface area contributed by atoms with Gasteiger partial charge < -0.3 is 9.47 Å². The molecule has 0 fully saturated rings. The predicted molar refractivity (Wildman–Crippen MR) is 96.2 cm³/mol. The first-order valence-electron chi connectivity index (χ1n) is 7.87. The summed E-state index contributed by atoms with van der Waals surface area (Å²) in [6.07, 6.45) is 6.14. The molecule has 0 atom stereocenters. The van der Waals surface area contributed by atoms with Crippen LogP contribution in [0.5, 0.6) is 0 Å². The van der Waals surface area contributed by atoms with Gasteiger partial charge in [-0.15, -0.1) is 0 Å². The summed E-state index contributed by atoms with van der Waals surface area (Å²) in [5.74, 6) is -0.783. The van der Waals surface area contributed by atoms with Gasteiger partial charge in [-0.1, -0.05) is 18.2 Å². The number of ether oxygens (including phenoxy) is 2. The van der Waals surface area contributed by atoms with Gasteiger partial charge in [0, 0.05) is 12.2 Å². The predicted octanol–water partition coefficient (Wildman–Crippen LogP) is 4.40. The van der Waals surface area contributed by atoms with Crippen LogP contribution in [0.2, 0.25) is 0 Å². The van der Waals surface area contributed by atoms with Crippen LogP contribution in [0.1, 0.15) is 52.7 Å². The molecule has 1 rings (SSSR count). The van der Waals surface area contributed by atoms with Gasteiger partial charge in [0.05, 0.1) is 0 Å². The second kappa shape index (κ2) is 7.95. The second-order valence-electron chi connectivity index (χ2n) is 7.40. The Labute approximate surface area is 144 Å². The lowest BCUT2D eigenvalue weighted by molar-refractivity contribution is -0.149. The van der Waals surface area contributed by atoms with Crippen molar-refractivity contribution >= 4 is 24.1 Å². The van der Waals surface area contributed by atoms with Gasteiger partial charge >= 0.3 is 11.9 Å². The van der Waals surface area contributed by atoms with Crippen molar-refractivity contribution < 1.29 is 19.1 Å². The molecule has 1 aromatic rings. The van der Waals surface area contributed by atoms with Gasteiger partial charge in [0.2, 0.25) is 0 Å². The van der Waals surface area contributed by atoms with Gasteiger partial charge in [-0.2, -0.15) is 0 Å². The fourth-order valence-electron chi connectivity index (χ4n) is 1.77. The normalized spacial score (nSPS) is 12.6. The van der Waals surface area contributed by atoms with Gasteiger partial charge in [0.15, 0.2) is 0 Å². The highest BCUT2D eigenvalue weighted by Gasteiger charge is 2.14. The van der Waals surface area contributed by atoms with E-state index < -0.39 is 23.1 Å². The summed E-state index contributed by atoms with van der Waals surface area (Å²) in [7, 11) is 0. The van der Waals surface area contributed by atoms with Crippen LogP contribution in [0.15, 0.2) is 36.4 Å². The van der Waals surface area contributed by atoms with E-state index in [1.165, 1.54) is 12.2 Å². The van der Waals surface area contributed by atoms with Crippen molar-refractivity contribution in [2.75, 3.05) is 0 Å². The second-order valence-corrected chi connectivity index (χ2v) is 7.40. The topological polar surface area (TPSA) is 52.6 Å². The zero-order valence-electron chi connectivity index (χ0n) is 15.3. The molecular weight excluding hydrogens is 304 g/mol. The minimum absolute atomic E-state index is 0.391. The zero-order chi connectivity index (χ0) is 18.4. The molecule has 1 aromatic carbocycles. The van der Waals surface area contributed by atoms with Crippen molar-refractivity contribution in [3.63, 3.8) is 0 Å². The highest BCUT2D eigenvalue weighted by Crippen LogP contribution is 2.12. The van der Waals surface area contributed by atoms with Crippen molar-refractivity contribution in [1.29, 1.82) is 0 Å². The van der Waals surface area contributed by atoms with Crippen LogP contribution in [-0.2, 0) is 19.1 Å². The first kappa shape index (κ1) is 19.7. The Balaban J connectivity index is 2.73. The van der Waals surface area contributed by atoms with E-state index in [2.05, 4.69) is 0 Å². The van der Waals surface area contributed by atoms with Crippen molar-refractivity contribution in [3.05, 3.63) is 47.5 Å². The minimum atomic E-state index is -0.514. The van der Waals surface area contributed by atoms with E-state index in [0.717, 1.165) is 11.1 Å². The summed E-state index contributed by atoms with van der Waals surface area (Å²) < 4.78 is 10.4. The molecule has 0 amide bonds. The summed E-state index contributed by atoms with van der Waals surface area (Å²) in [5.41, 5.74) is 0.651. The summed E-state index contributed by atoms with van der Waals surface area (Å²) in [6.45, 7) is 10.9. The SMILES string of the molecule is CC(C)(C)OC(=O)/C=C/c1cccc(/C=C/C(=O)OC(C)(C)C)c1. The Morgan fingerprint density at radius 1 is 0.792 bits per heavy atom. The fraction of sp³-hybridized carbons (Fsp3) is 0.400. The number of benzene rings is 1. The smallest absolute Gasteiger partial charge is 0.331 e. The summed E-state index contributed by atoms with van der Waals surface area (Å²) >= 11 is 0. The van der Waals surface area contributed by atoms with Crippen molar-refractivity contribution in [1.82, 2.24) is 0 Å². The Kier molecular flexibility index (Phi) is 6.52. The molecule has 0 N–H and O–H groups in total. The van der Waals surface area contributed by atoms with E-state index in [1.807, 2.05) is 65.8 Å². The number of rotatable bonds is 4. The number of hydrogen-bond donors (Lipinski definition) is 0. The molecule has 0 aliphatic rings. The van der Waals surface area contributed by atoms with E-state index in [0.29, 0.717) is 0 Å². The molecule has 0 aliphatic heterocycles. The number of carbonyl (C=O) groups is 2. The van der Waals surface area contributed by atoms with Gasteiger partial charge in [-0.3, -0.25) is 0 Å². The molecule has 0 aromatic heterocycles. The summed E-state index contributed by atoms with van der Waals surface area (Å²) in [5, 5.41) is 0. The maximum absolute atomic E-state index is 11.7. The highest BCUT2D eigenvalue weighted by molar-refractivity contribution is 5.88. The maximum atomic E-state index is 11.7. The molecule has 24 heavy (non-hydrogen) atoms. The lowest BCUT2D eigenvalue weighted by atomic mass is 10.1. The lowest BCUT2D eigenvalue weighted by Crippen LogP contribution is -2.22. The molecular formula is C20H26O4. The third-order valence-electron chi connectivity index (χ3n) is 2.55. The van der Waals surface area contributed by atoms with E-state index in [4.69, 9.17) is 9.47 Å². The van der Waals surface area contributed by atoms with Crippen molar-refractivity contribution in [2.45, 2.75) is 52.7 Å². The Bertz CT molecular complexity index is 587. The molecule has 0 bridgehead atoms. The largest absolute Gasteiger partial charge is 0.457 e. The molecule has 0 spiro atoms. The molecule has 0 radical (unpaired) electrons. The third-order valence-corrected chi connectivity index (χ3v) is 2.55. The number of carbonyl (C=O) groups excluding carboxylic acids is 2. The molecule has 4 nitrogen and oxygen atoms in total. The Morgan fingerprint density at radius 2 is 1.17 bits per heavy atom. The molecule has 130 valence electrons. The lowest BCUT2D eigenvalue weighted by Gasteiger charge is -2.17. The average Bonchev–Trinajstić information content (AvgIpc) is 2.40. The summed E-state index contributed by atoms with van der Waals surface area (Å²) in [6, 6.07) is 7.45. The monoisotopic (exact) mass is 330 g/mol. The van der Waals surface area contributed by atoms with Gasteiger partial charge in [-0.25, -0.2) is 9.59 Å². The Morgan fingerprint density at radius 3 is 1.50 bits per heavy atom. The molecule has 0 saturated carbocycles. The Hall–Kier alpha value is -2.36. The summed E-state index contributed by atoms with van der Waals surface area (Å²) in [4.78, 5) is 23.4. The zero-order valence-corrected chi connectivity index (χ0v) is 15.3. The molecule has 0 aliphatic carbocycles. The van der Waals surface area contributed by atoms with Crippen molar-refractivity contribution in [3.8, 4) is 0 Å². The first-order chi connectivity index (χ1) is 10.9. The van der Waals surface area contributed by atoms with E-state index in [-0.39, 0.29) is 0 Å². The van der Waals surface area contributed by atoms with Gasteiger partial charge in [0.25, 0.3) is 0 Å². The van der Waals surface area contributed by atoms with Crippen LogP contribution in [0.3, 0.4) is 0 Å². The van der Waals surface area contributed by atoms with Gasteiger partial charge in [0.1, 0.15) is 11.2 Å². The third kappa shape index (κ3) is 8.93. The maximum Gasteiger partial charge on any atom is 0.331 e. The number of esters is 2. The fourth-order valence-corrected chi connectivity index (χ4v) is 1.77. The van der Waals surface area contributed by atoms with Crippen LogP contribution in [0.25, 0.3) is 12.2 Å². The van der Waals surface area contributed by atoms with Crippen LogP contribution in [0.4, 0.5) is 0 Å². The van der Waals surface area contributed by atoms with Crippen molar-refractivity contribution in [2.24, 2.45) is 0 Å². The average molecular weight is 330 g/mol. The first-order valence-corrected chi connectivity index (χ1v) is 7.87. The van der Waals surface area contributed by atoms with E-state index in [9.17, 15) is 9.59 Å². The quantitative estimate of drug-likeness (QED) is 0.606. The van der Waals surface area contributed by atoms with E-state index >= 15 is 0 Å². The van der Waals surface area contributed by atoms with Crippen LogP contribution >= 0.6 is 0 Å². The minimum Gasteiger partial charge on any atom is -0.457 e. The van der Waals surface area contributed by atoms with Crippen LogP contribution < -0.4 is 0 Å². The molecule has 4 heteroatoms. The molecule has 0 unspecified atom stereocenters. The number of hydrogen-bond acceptors (Lipinski definition) is 4. The molecule has 0 saturated heterocycles.